The predicted molar refractivity (Wildman–Crippen MR) is 72.5 cm³/mol. The van der Waals surface area contributed by atoms with Gasteiger partial charge in [-0.1, -0.05) is 20.8 Å². The van der Waals surface area contributed by atoms with Gasteiger partial charge in [0.05, 0.1) is 0 Å². The van der Waals surface area contributed by atoms with E-state index < -0.39 is 5.38 Å². The lowest BCUT2D eigenvalue weighted by Crippen LogP contribution is -2.50. The average Bonchev–Trinajstić information content (AvgIpc) is 2.27. The highest BCUT2D eigenvalue weighted by atomic mass is 35.5. The molecule has 1 N–H and O–H groups in total. The van der Waals surface area contributed by atoms with Crippen LogP contribution in [0, 0.1) is 5.41 Å². The quantitative estimate of drug-likeness (QED) is 0.780. The molecule has 0 aromatic carbocycles. The summed E-state index contributed by atoms with van der Waals surface area (Å²) in [4.78, 5) is 25.4. The van der Waals surface area contributed by atoms with Crippen LogP contribution in [0.25, 0.3) is 0 Å². The fraction of sp³-hybridized carbons (Fsp3) is 0.846. The Labute approximate surface area is 114 Å². The first kappa shape index (κ1) is 15.3. The van der Waals surface area contributed by atoms with Crippen LogP contribution in [0.15, 0.2) is 0 Å². The van der Waals surface area contributed by atoms with Gasteiger partial charge in [0.1, 0.15) is 5.38 Å². The summed E-state index contributed by atoms with van der Waals surface area (Å²) >= 11 is 5.71. The SMILES string of the molecule is CC(Cl)C(=O)NC1CCN(C(=O)C(C)(C)C)CC1. The standard InChI is InChI=1S/C13H23ClN2O2/c1-9(14)11(17)15-10-5-7-16(8-6-10)12(18)13(2,3)4/h9-10H,5-8H2,1-4H3,(H,15,17). The third-order valence-corrected chi connectivity index (χ3v) is 3.33. The van der Waals surface area contributed by atoms with Crippen LogP contribution in [0.4, 0.5) is 0 Å². The molecule has 0 aromatic rings. The van der Waals surface area contributed by atoms with Gasteiger partial charge in [0.15, 0.2) is 0 Å². The zero-order valence-corrected chi connectivity index (χ0v) is 12.4. The molecule has 1 heterocycles. The lowest BCUT2D eigenvalue weighted by atomic mass is 9.93. The molecule has 1 atom stereocenters. The fourth-order valence-electron chi connectivity index (χ4n) is 2.02. The number of nitrogens with one attached hydrogen (secondary N) is 1. The molecular formula is C13H23ClN2O2. The molecule has 1 fully saturated rings. The number of hydrogen-bond donors (Lipinski definition) is 1. The number of piperidine rings is 1. The number of nitrogens with zero attached hydrogens (tertiary/aromatic N) is 1. The van der Waals surface area contributed by atoms with Crippen molar-refractivity contribution in [3.63, 3.8) is 0 Å². The van der Waals surface area contributed by atoms with Crippen LogP contribution < -0.4 is 5.32 Å². The van der Waals surface area contributed by atoms with Crippen molar-refractivity contribution in [1.82, 2.24) is 10.2 Å². The molecule has 1 unspecified atom stereocenters. The lowest BCUT2D eigenvalue weighted by Gasteiger charge is -2.36. The van der Waals surface area contributed by atoms with Crippen LogP contribution in [-0.4, -0.2) is 41.2 Å². The molecule has 1 aliphatic rings. The van der Waals surface area contributed by atoms with E-state index in [1.165, 1.54) is 0 Å². The fourth-order valence-corrected chi connectivity index (χ4v) is 2.08. The number of rotatable bonds is 2. The maximum Gasteiger partial charge on any atom is 0.237 e. The summed E-state index contributed by atoms with van der Waals surface area (Å²) in [5.74, 6) is 0.0512. The minimum atomic E-state index is -0.501. The maximum absolute atomic E-state index is 12.1. The molecule has 18 heavy (non-hydrogen) atoms. The van der Waals surface area contributed by atoms with Crippen molar-refractivity contribution in [3.05, 3.63) is 0 Å². The Hall–Kier alpha value is -0.770. The molecule has 0 saturated carbocycles. The first-order valence-electron chi connectivity index (χ1n) is 6.45. The molecule has 0 bridgehead atoms. The Morgan fingerprint density at radius 2 is 1.78 bits per heavy atom. The van der Waals surface area contributed by atoms with Gasteiger partial charge in [0, 0.05) is 24.5 Å². The number of carbonyl (C=O) groups is 2. The van der Waals surface area contributed by atoms with Crippen LogP contribution in [0.5, 0.6) is 0 Å². The number of hydrogen-bond acceptors (Lipinski definition) is 2. The summed E-state index contributed by atoms with van der Waals surface area (Å²) in [6.07, 6.45) is 1.61. The molecular weight excluding hydrogens is 252 g/mol. The van der Waals surface area contributed by atoms with Crippen LogP contribution in [0.2, 0.25) is 0 Å². The summed E-state index contributed by atoms with van der Waals surface area (Å²) in [7, 11) is 0. The van der Waals surface area contributed by atoms with E-state index in [0.717, 1.165) is 12.8 Å². The number of alkyl halides is 1. The highest BCUT2D eigenvalue weighted by Crippen LogP contribution is 2.21. The number of halogens is 1. The molecule has 5 heteroatoms. The first-order valence-corrected chi connectivity index (χ1v) is 6.89. The summed E-state index contributed by atoms with van der Waals surface area (Å²) in [5, 5.41) is 2.41. The van der Waals surface area contributed by atoms with E-state index in [1.807, 2.05) is 25.7 Å². The maximum atomic E-state index is 12.1. The van der Waals surface area contributed by atoms with E-state index in [-0.39, 0.29) is 23.3 Å². The molecule has 4 nitrogen and oxygen atoms in total. The second-order valence-corrected chi connectivity index (χ2v) is 6.60. The van der Waals surface area contributed by atoms with Crippen molar-refractivity contribution in [2.24, 2.45) is 5.41 Å². The van der Waals surface area contributed by atoms with Gasteiger partial charge >= 0.3 is 0 Å². The van der Waals surface area contributed by atoms with Gasteiger partial charge in [0.25, 0.3) is 0 Å². The molecule has 1 aliphatic heterocycles. The van der Waals surface area contributed by atoms with E-state index in [0.29, 0.717) is 13.1 Å². The molecule has 0 aromatic heterocycles. The lowest BCUT2D eigenvalue weighted by molar-refractivity contribution is -0.140. The van der Waals surface area contributed by atoms with Gasteiger partial charge in [-0.25, -0.2) is 0 Å². The number of likely N-dealkylation sites (tertiary alicyclic amines) is 1. The summed E-state index contributed by atoms with van der Waals surface area (Å²) in [6, 6.07) is 0.141. The summed E-state index contributed by atoms with van der Waals surface area (Å²) < 4.78 is 0. The Bertz CT molecular complexity index is 315. The monoisotopic (exact) mass is 274 g/mol. The molecule has 1 saturated heterocycles. The molecule has 104 valence electrons. The van der Waals surface area contributed by atoms with Gasteiger partial charge in [0.2, 0.25) is 11.8 Å². The predicted octanol–water partition coefficient (Wildman–Crippen LogP) is 1.77. The zero-order valence-electron chi connectivity index (χ0n) is 11.6. The molecule has 0 spiro atoms. The van der Waals surface area contributed by atoms with Crippen LogP contribution >= 0.6 is 11.6 Å². The molecule has 0 aliphatic carbocycles. The van der Waals surface area contributed by atoms with E-state index >= 15 is 0 Å². The Morgan fingerprint density at radius 3 is 2.17 bits per heavy atom. The summed E-state index contributed by atoms with van der Waals surface area (Å²) in [6.45, 7) is 8.86. The number of amides is 2. The van der Waals surface area contributed by atoms with Gasteiger partial charge < -0.3 is 10.2 Å². The molecule has 2 amide bonds. The second-order valence-electron chi connectivity index (χ2n) is 5.94. The van der Waals surface area contributed by atoms with Gasteiger partial charge in [-0.2, -0.15) is 0 Å². The smallest absolute Gasteiger partial charge is 0.237 e. The number of carbonyl (C=O) groups excluding carboxylic acids is 2. The van der Waals surface area contributed by atoms with Gasteiger partial charge in [-0.05, 0) is 19.8 Å². The van der Waals surface area contributed by atoms with Crippen LogP contribution in [0.1, 0.15) is 40.5 Å². The van der Waals surface area contributed by atoms with E-state index in [9.17, 15) is 9.59 Å². The van der Waals surface area contributed by atoms with Crippen LogP contribution in [-0.2, 0) is 9.59 Å². The Morgan fingerprint density at radius 1 is 1.28 bits per heavy atom. The van der Waals surface area contributed by atoms with Crippen molar-refractivity contribution in [2.75, 3.05) is 13.1 Å². The van der Waals surface area contributed by atoms with Crippen molar-refractivity contribution >= 4 is 23.4 Å². The van der Waals surface area contributed by atoms with Gasteiger partial charge in [-0.15, -0.1) is 11.6 Å². The largest absolute Gasteiger partial charge is 0.352 e. The highest BCUT2D eigenvalue weighted by molar-refractivity contribution is 6.30. The van der Waals surface area contributed by atoms with Crippen molar-refractivity contribution in [3.8, 4) is 0 Å². The Kier molecular flexibility index (Phi) is 5.02. The van der Waals surface area contributed by atoms with E-state index in [4.69, 9.17) is 11.6 Å². The van der Waals surface area contributed by atoms with E-state index in [2.05, 4.69) is 5.32 Å². The Balaban J connectivity index is 2.42. The first-order chi connectivity index (χ1) is 8.21. The molecule has 0 radical (unpaired) electrons. The average molecular weight is 275 g/mol. The third-order valence-electron chi connectivity index (χ3n) is 3.13. The van der Waals surface area contributed by atoms with Crippen molar-refractivity contribution < 1.29 is 9.59 Å². The minimum Gasteiger partial charge on any atom is -0.352 e. The van der Waals surface area contributed by atoms with Crippen molar-refractivity contribution in [1.29, 1.82) is 0 Å². The zero-order chi connectivity index (χ0) is 13.9. The topological polar surface area (TPSA) is 49.4 Å². The second kappa shape index (κ2) is 5.91. The third kappa shape index (κ3) is 4.16. The van der Waals surface area contributed by atoms with E-state index in [1.54, 1.807) is 6.92 Å². The molecule has 1 rings (SSSR count). The normalized spacial score (nSPS) is 19.5. The van der Waals surface area contributed by atoms with Gasteiger partial charge in [-0.3, -0.25) is 9.59 Å². The highest BCUT2D eigenvalue weighted by Gasteiger charge is 2.30. The minimum absolute atomic E-state index is 0.128. The summed E-state index contributed by atoms with van der Waals surface area (Å²) in [5.41, 5.74) is -0.333. The van der Waals surface area contributed by atoms with Crippen LogP contribution in [0.3, 0.4) is 0 Å². The van der Waals surface area contributed by atoms with Crippen molar-refractivity contribution in [2.45, 2.75) is 52.0 Å².